The number of amides is 1. The number of piperazine rings is 1. The highest BCUT2D eigenvalue weighted by Gasteiger charge is 2.27. The summed E-state index contributed by atoms with van der Waals surface area (Å²) < 4.78 is 1.55. The molecule has 1 aromatic carbocycles. The number of carbonyl (C=O) groups is 1. The zero-order valence-electron chi connectivity index (χ0n) is 15.7. The van der Waals surface area contributed by atoms with Gasteiger partial charge >= 0.3 is 5.82 Å². The average molecular weight is 371 g/mol. The Labute approximate surface area is 158 Å². The molecule has 8 heteroatoms. The third-order valence-corrected chi connectivity index (χ3v) is 4.96. The van der Waals surface area contributed by atoms with E-state index in [1.165, 1.54) is 11.6 Å². The van der Waals surface area contributed by atoms with Gasteiger partial charge in [0.2, 0.25) is 5.91 Å². The summed E-state index contributed by atoms with van der Waals surface area (Å²) in [4.78, 5) is 27.3. The fourth-order valence-corrected chi connectivity index (χ4v) is 3.38. The predicted octanol–water partition coefficient (Wildman–Crippen LogP) is 2.08. The van der Waals surface area contributed by atoms with Crippen LogP contribution in [0.5, 0.6) is 0 Å². The molecule has 0 spiro atoms. The van der Waals surface area contributed by atoms with Crippen molar-refractivity contribution in [3.63, 3.8) is 0 Å². The molecule has 3 rings (SSSR count). The largest absolute Gasteiger partial charge is 0.390 e. The van der Waals surface area contributed by atoms with Crippen LogP contribution in [0.1, 0.15) is 18.2 Å². The molecule has 1 amide bonds. The van der Waals surface area contributed by atoms with Crippen LogP contribution in [0.25, 0.3) is 0 Å². The Morgan fingerprint density at radius 1 is 1.22 bits per heavy atom. The predicted molar refractivity (Wildman–Crippen MR) is 101 cm³/mol. The van der Waals surface area contributed by atoms with Gasteiger partial charge in [0.15, 0.2) is 0 Å². The Kier molecular flexibility index (Phi) is 5.85. The highest BCUT2D eigenvalue weighted by molar-refractivity contribution is 5.78. The first kappa shape index (κ1) is 19.0. The normalized spacial score (nSPS) is 16.3. The molecule has 8 nitrogen and oxygen atoms in total. The zero-order chi connectivity index (χ0) is 19.4. The molecule has 0 N–H and O–H groups in total. The van der Waals surface area contributed by atoms with E-state index in [1.807, 2.05) is 30.0 Å². The molecule has 0 radical (unpaired) electrons. The fourth-order valence-electron chi connectivity index (χ4n) is 3.38. The van der Waals surface area contributed by atoms with Gasteiger partial charge in [0.1, 0.15) is 0 Å². The van der Waals surface area contributed by atoms with E-state index in [-0.39, 0.29) is 17.6 Å². The number of aromatic nitrogens is 2. The number of hydrogen-bond acceptors (Lipinski definition) is 5. The second-order valence-corrected chi connectivity index (χ2v) is 7.07. The van der Waals surface area contributed by atoms with Gasteiger partial charge in [0.25, 0.3) is 0 Å². The number of nitrogens with zero attached hydrogens (tertiary/aromatic N) is 5. The lowest BCUT2D eigenvalue weighted by Gasteiger charge is -2.36. The zero-order valence-corrected chi connectivity index (χ0v) is 15.7. The Bertz CT molecular complexity index is 797. The molecule has 1 fully saturated rings. The molecular weight excluding hydrogens is 346 g/mol. The van der Waals surface area contributed by atoms with Crippen LogP contribution < -0.4 is 0 Å². The van der Waals surface area contributed by atoms with Gasteiger partial charge in [0.05, 0.1) is 29.3 Å². The minimum Gasteiger partial charge on any atom is -0.358 e. The third-order valence-electron chi connectivity index (χ3n) is 4.96. The lowest BCUT2D eigenvalue weighted by molar-refractivity contribution is -0.389. The lowest BCUT2D eigenvalue weighted by Crippen LogP contribution is -2.50. The number of carbonyl (C=O) groups excluding carboxylic acids is 1. The van der Waals surface area contributed by atoms with Gasteiger partial charge in [-0.25, -0.2) is 0 Å². The van der Waals surface area contributed by atoms with Crippen LogP contribution in [0.15, 0.2) is 36.4 Å². The molecule has 1 aliphatic rings. The maximum absolute atomic E-state index is 12.8. The summed E-state index contributed by atoms with van der Waals surface area (Å²) in [6, 6.07) is 11.8. The Morgan fingerprint density at radius 3 is 2.48 bits per heavy atom. The van der Waals surface area contributed by atoms with E-state index in [0.29, 0.717) is 25.3 Å². The van der Waals surface area contributed by atoms with Gasteiger partial charge in [0, 0.05) is 32.7 Å². The summed E-state index contributed by atoms with van der Waals surface area (Å²) in [6.45, 7) is 7.96. The molecule has 1 aromatic heterocycles. The molecule has 0 bridgehead atoms. The molecule has 0 aliphatic carbocycles. The minimum atomic E-state index is -0.512. The van der Waals surface area contributed by atoms with Crippen molar-refractivity contribution < 1.29 is 9.72 Å². The Morgan fingerprint density at radius 2 is 1.89 bits per heavy atom. The third kappa shape index (κ3) is 4.71. The van der Waals surface area contributed by atoms with Gasteiger partial charge in [-0.15, -0.1) is 0 Å². The number of hydrogen-bond donors (Lipinski definition) is 0. The fraction of sp³-hybridized carbons (Fsp3) is 0.474. The average Bonchev–Trinajstić information content (AvgIpc) is 3.03. The van der Waals surface area contributed by atoms with Gasteiger partial charge < -0.3 is 15.0 Å². The lowest BCUT2D eigenvalue weighted by atomic mass is 10.1. The van der Waals surface area contributed by atoms with E-state index in [0.717, 1.165) is 19.6 Å². The first-order chi connectivity index (χ1) is 12.9. The van der Waals surface area contributed by atoms with Gasteiger partial charge in [-0.2, -0.15) is 4.68 Å². The molecular formula is C19H25N5O3. The summed E-state index contributed by atoms with van der Waals surface area (Å²) in [5.74, 6) is -0.377. The maximum Gasteiger partial charge on any atom is 0.390 e. The second kappa shape index (κ2) is 8.30. The molecule has 27 heavy (non-hydrogen) atoms. The van der Waals surface area contributed by atoms with Crippen LogP contribution in [0.2, 0.25) is 0 Å². The molecule has 144 valence electrons. The van der Waals surface area contributed by atoms with E-state index in [2.05, 4.69) is 22.1 Å². The SMILES string of the molecule is Cc1cc([N+](=O)[O-])nn1CC(C)C(=O)N1CCN(Cc2ccccc2)CC1. The van der Waals surface area contributed by atoms with Crippen molar-refractivity contribution in [3.05, 3.63) is 57.8 Å². The van der Waals surface area contributed by atoms with Crippen molar-refractivity contribution in [2.24, 2.45) is 5.92 Å². The van der Waals surface area contributed by atoms with Crippen molar-refractivity contribution in [3.8, 4) is 0 Å². The second-order valence-electron chi connectivity index (χ2n) is 7.07. The molecule has 0 saturated carbocycles. The standard InChI is InChI=1S/C19H25N5O3/c1-15(13-23-16(2)12-18(20-23)24(26)27)19(25)22-10-8-21(9-11-22)14-17-6-4-3-5-7-17/h3-7,12,15H,8-11,13-14H2,1-2H3. The summed E-state index contributed by atoms with van der Waals surface area (Å²) in [7, 11) is 0. The topological polar surface area (TPSA) is 84.5 Å². The molecule has 2 heterocycles. The molecule has 1 unspecified atom stereocenters. The summed E-state index contributed by atoms with van der Waals surface area (Å²) >= 11 is 0. The van der Waals surface area contributed by atoms with Crippen LogP contribution in [0.3, 0.4) is 0 Å². The van der Waals surface area contributed by atoms with E-state index in [4.69, 9.17) is 0 Å². The first-order valence-electron chi connectivity index (χ1n) is 9.18. The number of rotatable bonds is 6. The molecule has 1 aliphatic heterocycles. The van der Waals surface area contributed by atoms with E-state index >= 15 is 0 Å². The number of benzene rings is 1. The van der Waals surface area contributed by atoms with Gasteiger partial charge in [-0.1, -0.05) is 37.3 Å². The summed E-state index contributed by atoms with van der Waals surface area (Å²) in [5, 5.41) is 14.8. The van der Waals surface area contributed by atoms with Gasteiger partial charge in [-0.05, 0) is 17.4 Å². The molecule has 1 atom stereocenters. The van der Waals surface area contributed by atoms with E-state index in [1.54, 1.807) is 11.6 Å². The van der Waals surface area contributed by atoms with Crippen molar-refractivity contribution in [1.82, 2.24) is 19.6 Å². The maximum atomic E-state index is 12.8. The van der Waals surface area contributed by atoms with Crippen LogP contribution >= 0.6 is 0 Å². The van der Waals surface area contributed by atoms with Crippen molar-refractivity contribution >= 4 is 11.7 Å². The minimum absolute atomic E-state index is 0.0758. The van der Waals surface area contributed by atoms with Crippen LogP contribution in [-0.2, 0) is 17.9 Å². The van der Waals surface area contributed by atoms with Crippen molar-refractivity contribution in [1.29, 1.82) is 0 Å². The smallest absolute Gasteiger partial charge is 0.358 e. The van der Waals surface area contributed by atoms with Crippen LogP contribution in [0, 0.1) is 23.0 Å². The van der Waals surface area contributed by atoms with Crippen molar-refractivity contribution in [2.75, 3.05) is 26.2 Å². The first-order valence-corrected chi connectivity index (χ1v) is 9.18. The summed E-state index contributed by atoms with van der Waals surface area (Å²) in [6.07, 6.45) is 0. The van der Waals surface area contributed by atoms with Crippen LogP contribution in [0.4, 0.5) is 5.82 Å². The van der Waals surface area contributed by atoms with Crippen molar-refractivity contribution in [2.45, 2.75) is 26.9 Å². The quantitative estimate of drug-likeness (QED) is 0.573. The molecule has 2 aromatic rings. The van der Waals surface area contributed by atoms with E-state index < -0.39 is 4.92 Å². The summed E-state index contributed by atoms with van der Waals surface area (Å²) in [5.41, 5.74) is 1.97. The van der Waals surface area contributed by atoms with Gasteiger partial charge in [-0.3, -0.25) is 9.69 Å². The van der Waals surface area contributed by atoms with Crippen LogP contribution in [-0.4, -0.2) is 56.6 Å². The number of nitro groups is 1. The Hall–Kier alpha value is -2.74. The highest BCUT2D eigenvalue weighted by atomic mass is 16.6. The van der Waals surface area contributed by atoms with E-state index in [9.17, 15) is 14.9 Å². The Balaban J connectivity index is 1.52. The highest BCUT2D eigenvalue weighted by Crippen LogP contribution is 2.15. The monoisotopic (exact) mass is 371 g/mol. The molecule has 1 saturated heterocycles. The number of aryl methyl sites for hydroxylation is 1.